The fraction of sp³-hybridized carbons (Fsp3) is 0.179. The van der Waals surface area contributed by atoms with E-state index < -0.39 is 214 Å². The Kier molecular flexibility index (Phi) is 11.3. The number of nitrogens with zero attached hydrogens (tertiary/aromatic N) is 4. The first-order valence-corrected chi connectivity index (χ1v) is 35.1. The van der Waals surface area contributed by atoms with E-state index in [4.69, 9.17) is 22.1 Å². The summed E-state index contributed by atoms with van der Waals surface area (Å²) in [6, 6.07) is 20.8. The largest absolute Gasteiger partial charge is 0.510 e. The van der Waals surface area contributed by atoms with Crippen LogP contribution >= 0.6 is 0 Å². The molecule has 0 saturated carbocycles. The Balaban J connectivity index is 0.0000136. The summed E-state index contributed by atoms with van der Waals surface area (Å²) < 4.78 is 277. The Labute approximate surface area is 657 Å². The number of ether oxygens (including phenoxy) is 1. The van der Waals surface area contributed by atoms with E-state index in [0.29, 0.717) is 38.5 Å². The van der Waals surface area contributed by atoms with Gasteiger partial charge in [-0.15, -0.1) is 29.7 Å². The molecule has 0 fully saturated rings. The van der Waals surface area contributed by atoms with Crippen LogP contribution in [0.15, 0.2) is 285 Å². The fourth-order valence-electron chi connectivity index (χ4n) is 13.0. The summed E-state index contributed by atoms with van der Waals surface area (Å²) >= 11 is 0. The summed E-state index contributed by atoms with van der Waals surface area (Å²) in [7, 11) is -6.46. The third-order valence-corrected chi connectivity index (χ3v) is 22.6. The standard InChI is InChI=1S/C95H86N4OSi.Pt/c1-64-50-90(96-62-84(64)66-34-21-15-22-35-66)99-85-45-30-29-44-81(85)82-48-47-77(61-87(82)99)100-76-37-31-36-75(60-76)97-63-98(86-49-46-67(56-88(86)97)68-51-71(92(2,3)4)58-72(52-68)93(5,6)7)91-83(70-53-73(94(8,9)10)59-74(54-70)95(11,12)13)55-69(65-32-19-14-20-33-65)57-89(91)101(78-38-23-16-24-39-78,79-40-25-17-26-41-79)80-42-27-18-28-43-80;/h14-59,62H,1-13H3;/q-2;/i1D3,14D,15D,16D,17D,18D,19D,20D,21D,22D,23D,24D,25D,26D,27D,28D,32D,33D,34D,35D,38D,39D,40D,41D,42D,43D;. The van der Waals surface area contributed by atoms with Gasteiger partial charge in [-0.3, -0.25) is 4.57 Å². The molecule has 0 unspecified atom stereocenters. The van der Waals surface area contributed by atoms with E-state index in [1.807, 2.05) is 84.0 Å². The van der Waals surface area contributed by atoms with Crippen molar-refractivity contribution in [3.05, 3.63) is 331 Å². The van der Waals surface area contributed by atoms with Crippen LogP contribution in [0.4, 0.5) is 0 Å². The molecular weight excluding hydrogens is 1440 g/mol. The first-order chi connectivity index (χ1) is 60.0. The van der Waals surface area contributed by atoms with Crippen LogP contribution < -0.4 is 30.1 Å². The number of aryl methyl sites for hydroxylation is 1. The van der Waals surface area contributed by atoms with E-state index >= 15 is 0 Å². The molecule has 0 aliphatic rings. The van der Waals surface area contributed by atoms with Crippen molar-refractivity contribution in [2.75, 3.05) is 0 Å². The van der Waals surface area contributed by atoms with Gasteiger partial charge in [0.15, 0.2) is 8.07 Å². The molecule has 0 amide bonds. The van der Waals surface area contributed by atoms with Gasteiger partial charge in [-0.2, -0.15) is 18.2 Å². The molecule has 0 saturated heterocycles. The van der Waals surface area contributed by atoms with Crippen molar-refractivity contribution < 1.29 is 68.8 Å². The number of hydrogen-bond acceptors (Lipinski definition) is 2. The van der Waals surface area contributed by atoms with Crippen LogP contribution in [-0.2, 0) is 42.7 Å². The van der Waals surface area contributed by atoms with Crippen molar-refractivity contribution in [1.82, 2.24) is 14.1 Å². The number of aromatic nitrogens is 4. The van der Waals surface area contributed by atoms with Crippen molar-refractivity contribution in [3.8, 4) is 73.2 Å². The molecule has 15 aromatic rings. The van der Waals surface area contributed by atoms with Crippen LogP contribution in [0.5, 0.6) is 11.5 Å². The zero-order valence-electron chi connectivity index (χ0n) is 86.2. The normalized spacial score (nSPS) is 16.3. The quantitative estimate of drug-likeness (QED) is 0.0499. The predicted octanol–water partition coefficient (Wildman–Crippen LogP) is 21.1. The van der Waals surface area contributed by atoms with Crippen molar-refractivity contribution in [2.24, 2.45) is 0 Å². The molecule has 12 aromatic carbocycles. The maximum Gasteiger partial charge on any atom is 0.268 e. The summed E-state index contributed by atoms with van der Waals surface area (Å²) in [5, 5.41) is -1.84. The van der Waals surface area contributed by atoms with E-state index in [9.17, 15) is 26.0 Å². The maximum atomic E-state index is 10.5. The van der Waals surface area contributed by atoms with Gasteiger partial charge in [-0.25, -0.2) is 4.98 Å². The van der Waals surface area contributed by atoms with E-state index in [-0.39, 0.29) is 94.2 Å². The van der Waals surface area contributed by atoms with Gasteiger partial charge in [-0.05, 0) is 151 Å². The van der Waals surface area contributed by atoms with Gasteiger partial charge in [-0.1, -0.05) is 312 Å². The Morgan fingerprint density at radius 3 is 1.52 bits per heavy atom. The molecule has 5 nitrogen and oxygen atoms in total. The van der Waals surface area contributed by atoms with Crippen LogP contribution in [0.25, 0.3) is 94.5 Å². The molecule has 508 valence electrons. The smallest absolute Gasteiger partial charge is 0.268 e. The van der Waals surface area contributed by atoms with E-state index in [0.717, 1.165) is 16.7 Å². The Morgan fingerprint density at radius 2 is 0.961 bits per heavy atom. The molecule has 7 heteroatoms. The number of benzene rings is 12. The summed E-state index contributed by atoms with van der Waals surface area (Å²) in [4.78, 5) is 4.75. The van der Waals surface area contributed by atoms with Crippen LogP contribution in [0, 0.1) is 25.3 Å². The number of fused-ring (bicyclic) bond motifs is 4. The first kappa shape index (κ1) is 42.9. The molecule has 0 bridgehead atoms. The third-order valence-electron chi connectivity index (χ3n) is 18.4. The number of imidazole rings is 1. The van der Waals surface area contributed by atoms with Gasteiger partial charge in [0.1, 0.15) is 5.82 Å². The maximum absolute atomic E-state index is 10.5. The molecule has 0 atom stereocenters. The SMILES string of the molecule is [2H]c1c([2H])c([2H])c(-c2cc(-c3cc(C(C)(C)C)cc(C(C)(C)C)c3)c(-[n+]3[c-]n(-c4[c-]c(Oc5[c-]c6c(cc5)c5ccccc5n6-c5cc(C([2H])([2H])[2H])c(-c6c([2H])c([2H])c([2H])c([2H])c6[2H])cn5)ccc4)c4cc(-c5cc(C(C)(C)C)cc(C(C)(C)C)c5)ccc43)c([Si](c3c([2H])c([2H])c([2H])c([2H])c3[2H])(c3c([2H])c([2H])c([2H])c([2H])c3[2H])c3c([2H])c([2H])c([2H])c([2H])c3[2H])c2)c([2H])c1[2H].[Pt]. The molecule has 0 radical (unpaired) electrons. The van der Waals surface area contributed by atoms with Crippen LogP contribution in [0.3, 0.4) is 0 Å². The Bertz CT molecular complexity index is 6960. The molecule has 3 heterocycles. The van der Waals surface area contributed by atoms with Gasteiger partial charge in [0.05, 0.1) is 51.0 Å². The van der Waals surface area contributed by atoms with Crippen molar-refractivity contribution >= 4 is 61.7 Å². The molecule has 0 aliphatic heterocycles. The monoisotopic (exact) mass is 1550 g/mol. The molecule has 102 heavy (non-hydrogen) atoms. The van der Waals surface area contributed by atoms with Crippen LogP contribution in [0.1, 0.15) is 149 Å². The average Bonchev–Trinajstić information content (AvgIpc) is 0.802. The van der Waals surface area contributed by atoms with E-state index in [1.54, 1.807) is 57.7 Å². The number of para-hydroxylation sites is 1. The van der Waals surface area contributed by atoms with Crippen molar-refractivity contribution in [3.63, 3.8) is 0 Å². The second-order valence-electron chi connectivity index (χ2n) is 29.3. The van der Waals surface area contributed by atoms with E-state index in [1.165, 1.54) is 29.0 Å². The summed E-state index contributed by atoms with van der Waals surface area (Å²) in [6.45, 7) is 21.5. The van der Waals surface area contributed by atoms with Crippen molar-refractivity contribution in [2.45, 2.75) is 112 Å². The summed E-state index contributed by atoms with van der Waals surface area (Å²) in [6.07, 6.45) is 4.81. The summed E-state index contributed by atoms with van der Waals surface area (Å²) in [5.74, 6) is 0.165. The first-order valence-electron chi connectivity index (χ1n) is 47.1. The number of rotatable bonds is 13. The average molecular weight is 1550 g/mol. The minimum Gasteiger partial charge on any atom is -0.510 e. The Morgan fingerprint density at radius 1 is 0.441 bits per heavy atom. The van der Waals surface area contributed by atoms with Gasteiger partial charge in [0.25, 0.3) is 6.33 Å². The van der Waals surface area contributed by atoms with Crippen molar-refractivity contribution in [1.29, 1.82) is 0 Å². The van der Waals surface area contributed by atoms with E-state index in [2.05, 4.69) is 78.2 Å². The second kappa shape index (κ2) is 26.9. The molecule has 0 spiro atoms. The molecule has 0 N–H and O–H groups in total. The van der Waals surface area contributed by atoms with Gasteiger partial charge in [0.2, 0.25) is 0 Å². The molecular formula is C95H86N4OPtSi-2. The minimum absolute atomic E-state index is 0. The molecule has 0 aliphatic carbocycles. The van der Waals surface area contributed by atoms with Gasteiger partial charge < -0.3 is 13.9 Å². The third kappa shape index (κ3) is 12.9. The summed E-state index contributed by atoms with van der Waals surface area (Å²) in [5.41, 5.74) is 2.20. The van der Waals surface area contributed by atoms with Gasteiger partial charge in [0, 0.05) is 54.0 Å². The zero-order chi connectivity index (χ0) is 94.4. The van der Waals surface area contributed by atoms with Gasteiger partial charge >= 0.3 is 0 Å². The predicted molar refractivity (Wildman–Crippen MR) is 425 cm³/mol. The minimum atomic E-state index is -6.46. The molecule has 15 rings (SSSR count). The second-order valence-corrected chi connectivity index (χ2v) is 32.8. The number of hydrogen-bond donors (Lipinski definition) is 0. The number of pyridine rings is 1. The van der Waals surface area contributed by atoms with Crippen LogP contribution in [-0.4, -0.2) is 22.2 Å². The zero-order valence-corrected chi connectivity index (χ0v) is 61.5. The molecule has 3 aromatic heterocycles. The fourth-order valence-corrected chi connectivity index (χ4v) is 17.1. The topological polar surface area (TPSA) is 35.9 Å². The van der Waals surface area contributed by atoms with Crippen LogP contribution in [0.2, 0.25) is 0 Å². The Hall–Kier alpha value is -10.2.